The molecule has 3 rings (SSSR count). The van der Waals surface area contributed by atoms with Crippen molar-refractivity contribution in [3.63, 3.8) is 0 Å². The van der Waals surface area contributed by atoms with Crippen LogP contribution in [0.15, 0.2) is 24.3 Å². The average Bonchev–Trinajstić information content (AvgIpc) is 3.00. The molecule has 0 bridgehead atoms. The van der Waals surface area contributed by atoms with E-state index in [-0.39, 0.29) is 17.8 Å². The topological polar surface area (TPSA) is 41.1 Å². The number of nitrogens with one attached hydrogen (secondary N) is 2. The van der Waals surface area contributed by atoms with Gasteiger partial charge < -0.3 is 10.6 Å². The van der Waals surface area contributed by atoms with E-state index in [0.29, 0.717) is 24.8 Å². The molecule has 1 amide bonds. The van der Waals surface area contributed by atoms with Gasteiger partial charge in [-0.05, 0) is 55.3 Å². The number of halogens is 1. The first kappa shape index (κ1) is 13.6. The lowest BCUT2D eigenvalue weighted by atomic mass is 9.93. The van der Waals surface area contributed by atoms with Gasteiger partial charge in [-0.3, -0.25) is 4.79 Å². The predicted octanol–water partition coefficient (Wildman–Crippen LogP) is 1.87. The van der Waals surface area contributed by atoms with Crippen LogP contribution in [0.2, 0.25) is 0 Å². The normalized spacial score (nSPS) is 28.4. The van der Waals surface area contributed by atoms with Crippen molar-refractivity contribution in [3.8, 4) is 0 Å². The molecule has 1 saturated heterocycles. The Morgan fingerprint density at radius 1 is 1.40 bits per heavy atom. The van der Waals surface area contributed by atoms with Crippen LogP contribution < -0.4 is 10.6 Å². The van der Waals surface area contributed by atoms with Gasteiger partial charge in [0.1, 0.15) is 5.82 Å². The summed E-state index contributed by atoms with van der Waals surface area (Å²) in [4.78, 5) is 12.2. The Morgan fingerprint density at radius 3 is 3.15 bits per heavy atom. The van der Waals surface area contributed by atoms with Crippen LogP contribution in [-0.2, 0) is 11.2 Å². The van der Waals surface area contributed by atoms with Crippen molar-refractivity contribution in [1.82, 2.24) is 10.6 Å². The molecule has 0 radical (unpaired) electrons. The second-order valence-corrected chi connectivity index (χ2v) is 5.91. The summed E-state index contributed by atoms with van der Waals surface area (Å²) in [6.07, 6.45) is 4.35. The van der Waals surface area contributed by atoms with Gasteiger partial charge >= 0.3 is 0 Å². The monoisotopic (exact) mass is 276 g/mol. The lowest BCUT2D eigenvalue weighted by molar-refractivity contribution is -0.123. The van der Waals surface area contributed by atoms with Gasteiger partial charge in [-0.1, -0.05) is 18.6 Å². The second-order valence-electron chi connectivity index (χ2n) is 5.91. The smallest absolute Gasteiger partial charge is 0.237 e. The first-order chi connectivity index (χ1) is 9.74. The van der Waals surface area contributed by atoms with Gasteiger partial charge in [0.25, 0.3) is 0 Å². The Morgan fingerprint density at radius 2 is 2.30 bits per heavy atom. The van der Waals surface area contributed by atoms with Crippen LogP contribution in [0.4, 0.5) is 4.39 Å². The van der Waals surface area contributed by atoms with Crippen molar-refractivity contribution >= 4 is 5.91 Å². The lowest BCUT2D eigenvalue weighted by Gasteiger charge is -2.17. The molecular weight excluding hydrogens is 255 g/mol. The molecule has 1 aromatic rings. The lowest BCUT2D eigenvalue weighted by Crippen LogP contribution is -2.44. The molecule has 0 aromatic heterocycles. The zero-order chi connectivity index (χ0) is 13.9. The van der Waals surface area contributed by atoms with E-state index in [1.54, 1.807) is 6.07 Å². The number of hydrogen-bond acceptors (Lipinski definition) is 2. The Balaban J connectivity index is 1.48. The molecule has 3 unspecified atom stereocenters. The minimum atomic E-state index is -0.222. The molecular formula is C16H21FN2O. The summed E-state index contributed by atoms with van der Waals surface area (Å²) in [6.45, 7) is 1.55. The van der Waals surface area contributed by atoms with Crippen LogP contribution in [0.5, 0.6) is 0 Å². The highest BCUT2D eigenvalue weighted by molar-refractivity contribution is 5.82. The molecule has 0 spiro atoms. The van der Waals surface area contributed by atoms with E-state index < -0.39 is 0 Å². The van der Waals surface area contributed by atoms with Crippen molar-refractivity contribution in [2.45, 2.75) is 31.7 Å². The fourth-order valence-electron chi connectivity index (χ4n) is 3.61. The molecule has 3 atom stereocenters. The van der Waals surface area contributed by atoms with Crippen molar-refractivity contribution in [1.29, 1.82) is 0 Å². The molecule has 108 valence electrons. The molecule has 2 aliphatic rings. The van der Waals surface area contributed by atoms with Crippen LogP contribution in [-0.4, -0.2) is 25.0 Å². The largest absolute Gasteiger partial charge is 0.354 e. The second kappa shape index (κ2) is 5.92. The van der Waals surface area contributed by atoms with Crippen molar-refractivity contribution in [2.24, 2.45) is 11.8 Å². The summed E-state index contributed by atoms with van der Waals surface area (Å²) < 4.78 is 13.0. The van der Waals surface area contributed by atoms with Crippen molar-refractivity contribution < 1.29 is 9.18 Å². The van der Waals surface area contributed by atoms with Gasteiger partial charge in [-0.25, -0.2) is 4.39 Å². The number of rotatable bonds is 4. The van der Waals surface area contributed by atoms with E-state index in [2.05, 4.69) is 10.6 Å². The van der Waals surface area contributed by atoms with E-state index in [9.17, 15) is 9.18 Å². The standard InChI is InChI=1S/C16H21FN2O/c17-13-5-1-3-11(9-13)7-8-18-16(20)15-14-6-2-4-12(14)10-19-15/h1,3,5,9,12,14-15,19H,2,4,6-8,10H2,(H,18,20). The summed E-state index contributed by atoms with van der Waals surface area (Å²) in [5.74, 6) is 1.09. The van der Waals surface area contributed by atoms with Crippen LogP contribution in [0, 0.1) is 17.7 Å². The van der Waals surface area contributed by atoms with Crippen LogP contribution >= 0.6 is 0 Å². The van der Waals surface area contributed by atoms with Crippen LogP contribution in [0.3, 0.4) is 0 Å². The fraction of sp³-hybridized carbons (Fsp3) is 0.562. The summed E-state index contributed by atoms with van der Waals surface area (Å²) in [5.41, 5.74) is 0.920. The molecule has 1 aliphatic carbocycles. The van der Waals surface area contributed by atoms with E-state index in [1.807, 2.05) is 6.07 Å². The van der Waals surface area contributed by atoms with E-state index in [4.69, 9.17) is 0 Å². The third kappa shape index (κ3) is 2.85. The molecule has 4 heteroatoms. The minimum Gasteiger partial charge on any atom is -0.354 e. The van der Waals surface area contributed by atoms with E-state index in [0.717, 1.165) is 12.1 Å². The molecule has 2 N–H and O–H groups in total. The number of fused-ring (bicyclic) bond motifs is 1. The highest BCUT2D eigenvalue weighted by atomic mass is 19.1. The maximum absolute atomic E-state index is 13.0. The SMILES string of the molecule is O=C(NCCc1cccc(F)c1)C1NCC2CCCC21. The highest BCUT2D eigenvalue weighted by Gasteiger charge is 2.42. The molecule has 1 saturated carbocycles. The Kier molecular flexibility index (Phi) is 4.01. The summed E-state index contributed by atoms with van der Waals surface area (Å²) in [6, 6.07) is 6.53. The molecule has 1 aromatic carbocycles. The minimum absolute atomic E-state index is 0.0185. The zero-order valence-corrected chi connectivity index (χ0v) is 11.6. The number of benzene rings is 1. The number of carbonyl (C=O) groups excluding carboxylic acids is 1. The van der Waals surface area contributed by atoms with E-state index >= 15 is 0 Å². The first-order valence-electron chi connectivity index (χ1n) is 7.49. The maximum Gasteiger partial charge on any atom is 0.237 e. The van der Waals surface area contributed by atoms with Crippen LogP contribution in [0.1, 0.15) is 24.8 Å². The third-order valence-corrected chi connectivity index (χ3v) is 4.63. The molecule has 1 aliphatic heterocycles. The highest BCUT2D eigenvalue weighted by Crippen LogP contribution is 2.37. The first-order valence-corrected chi connectivity index (χ1v) is 7.49. The molecule has 20 heavy (non-hydrogen) atoms. The quantitative estimate of drug-likeness (QED) is 0.881. The van der Waals surface area contributed by atoms with Gasteiger partial charge in [0.2, 0.25) is 5.91 Å². The Bertz CT molecular complexity index is 491. The van der Waals surface area contributed by atoms with Gasteiger partial charge in [-0.15, -0.1) is 0 Å². The Hall–Kier alpha value is -1.42. The Labute approximate surface area is 118 Å². The summed E-state index contributed by atoms with van der Waals surface area (Å²) >= 11 is 0. The van der Waals surface area contributed by atoms with Gasteiger partial charge in [0.15, 0.2) is 0 Å². The zero-order valence-electron chi connectivity index (χ0n) is 11.6. The number of hydrogen-bond donors (Lipinski definition) is 2. The molecule has 1 heterocycles. The van der Waals surface area contributed by atoms with Gasteiger partial charge in [0, 0.05) is 6.54 Å². The number of amides is 1. The predicted molar refractivity (Wildman–Crippen MR) is 75.7 cm³/mol. The van der Waals surface area contributed by atoms with Gasteiger partial charge in [-0.2, -0.15) is 0 Å². The molecule has 2 fully saturated rings. The van der Waals surface area contributed by atoms with Crippen LogP contribution in [0.25, 0.3) is 0 Å². The summed E-state index contributed by atoms with van der Waals surface area (Å²) in [5, 5.41) is 6.33. The van der Waals surface area contributed by atoms with E-state index in [1.165, 1.54) is 31.4 Å². The van der Waals surface area contributed by atoms with Gasteiger partial charge in [0.05, 0.1) is 6.04 Å². The van der Waals surface area contributed by atoms with Crippen molar-refractivity contribution in [2.75, 3.05) is 13.1 Å². The number of carbonyl (C=O) groups is 1. The van der Waals surface area contributed by atoms with Crippen molar-refractivity contribution in [3.05, 3.63) is 35.6 Å². The third-order valence-electron chi connectivity index (χ3n) is 4.63. The fourth-order valence-corrected chi connectivity index (χ4v) is 3.61. The summed E-state index contributed by atoms with van der Waals surface area (Å²) in [7, 11) is 0. The average molecular weight is 276 g/mol. The maximum atomic E-state index is 13.0. The molecule has 3 nitrogen and oxygen atoms in total.